The summed E-state index contributed by atoms with van der Waals surface area (Å²) >= 11 is 0. The molecule has 4 heteroatoms. The Morgan fingerprint density at radius 1 is 1.69 bits per heavy atom. The average Bonchev–Trinajstić information content (AvgIpc) is 2.93. The number of aliphatic hydroxyl groups excluding tert-OH is 1. The lowest BCUT2D eigenvalue weighted by Gasteiger charge is -2.10. The minimum absolute atomic E-state index is 0.0699. The van der Waals surface area contributed by atoms with Crippen molar-refractivity contribution in [1.82, 2.24) is 5.32 Å². The zero-order chi connectivity index (χ0) is 9.73. The third kappa shape index (κ3) is 3.06. The third-order valence-electron chi connectivity index (χ3n) is 2.31. The Morgan fingerprint density at radius 2 is 2.38 bits per heavy atom. The van der Waals surface area contributed by atoms with Crippen molar-refractivity contribution < 1.29 is 14.6 Å². The summed E-state index contributed by atoms with van der Waals surface area (Å²) in [6.45, 7) is 0.934. The minimum atomic E-state index is -0.374. The van der Waals surface area contributed by atoms with E-state index in [-0.39, 0.29) is 18.0 Å². The molecule has 0 unspecified atom stereocenters. The summed E-state index contributed by atoms with van der Waals surface area (Å²) in [6.07, 6.45) is 5.00. The van der Waals surface area contributed by atoms with Crippen molar-refractivity contribution in [2.24, 2.45) is 5.41 Å². The van der Waals surface area contributed by atoms with Gasteiger partial charge in [-0.3, -0.25) is 0 Å². The number of aliphatic hydroxyl groups is 1. The van der Waals surface area contributed by atoms with E-state index in [4.69, 9.17) is 5.11 Å². The lowest BCUT2D eigenvalue weighted by atomic mass is 10.1. The van der Waals surface area contributed by atoms with Crippen molar-refractivity contribution >= 4 is 5.97 Å². The first-order chi connectivity index (χ1) is 6.22. The van der Waals surface area contributed by atoms with Crippen molar-refractivity contribution in [3.05, 3.63) is 12.3 Å². The molecule has 0 amide bonds. The van der Waals surface area contributed by atoms with Gasteiger partial charge >= 0.3 is 5.97 Å². The van der Waals surface area contributed by atoms with Gasteiger partial charge in [-0.25, -0.2) is 4.79 Å². The lowest BCUT2D eigenvalue weighted by Crippen LogP contribution is -2.22. The highest BCUT2D eigenvalue weighted by molar-refractivity contribution is 5.81. The monoisotopic (exact) mass is 185 g/mol. The van der Waals surface area contributed by atoms with Crippen molar-refractivity contribution in [3.8, 4) is 0 Å². The average molecular weight is 185 g/mol. The van der Waals surface area contributed by atoms with Gasteiger partial charge in [0.2, 0.25) is 0 Å². The molecule has 0 saturated heterocycles. The maximum absolute atomic E-state index is 10.6. The Balaban J connectivity index is 2.13. The molecule has 0 atom stereocenters. The highest BCUT2D eigenvalue weighted by Crippen LogP contribution is 2.44. The van der Waals surface area contributed by atoms with Crippen LogP contribution < -0.4 is 5.32 Å². The largest absolute Gasteiger partial charge is 0.466 e. The second-order valence-corrected chi connectivity index (χ2v) is 3.40. The van der Waals surface area contributed by atoms with E-state index in [0.29, 0.717) is 0 Å². The van der Waals surface area contributed by atoms with E-state index in [1.54, 1.807) is 6.20 Å². The summed E-state index contributed by atoms with van der Waals surface area (Å²) in [5.41, 5.74) is 0.0699. The highest BCUT2D eigenvalue weighted by Gasteiger charge is 2.41. The number of rotatable bonds is 5. The molecule has 1 aliphatic rings. The molecule has 0 aliphatic heterocycles. The van der Waals surface area contributed by atoms with E-state index in [1.165, 1.54) is 13.2 Å². The summed E-state index contributed by atoms with van der Waals surface area (Å²) in [6, 6.07) is 0. The van der Waals surface area contributed by atoms with E-state index in [0.717, 1.165) is 19.4 Å². The molecule has 0 aromatic carbocycles. The zero-order valence-electron chi connectivity index (χ0n) is 7.75. The SMILES string of the molecule is COC(=O)/C=C/NCC1(CO)CC1. The van der Waals surface area contributed by atoms with Gasteiger partial charge in [0.25, 0.3) is 0 Å². The quantitative estimate of drug-likeness (QED) is 0.469. The number of esters is 1. The number of hydrogen-bond acceptors (Lipinski definition) is 4. The predicted molar refractivity (Wildman–Crippen MR) is 47.9 cm³/mol. The number of nitrogens with one attached hydrogen (secondary N) is 1. The molecule has 0 radical (unpaired) electrons. The highest BCUT2D eigenvalue weighted by atomic mass is 16.5. The number of hydrogen-bond donors (Lipinski definition) is 2. The van der Waals surface area contributed by atoms with Crippen LogP contribution in [0.15, 0.2) is 12.3 Å². The fraction of sp³-hybridized carbons (Fsp3) is 0.667. The first-order valence-corrected chi connectivity index (χ1v) is 4.31. The molecule has 1 fully saturated rings. The number of methoxy groups -OCH3 is 1. The Hall–Kier alpha value is -1.03. The van der Waals surface area contributed by atoms with Gasteiger partial charge in [-0.05, 0) is 12.8 Å². The van der Waals surface area contributed by atoms with Crippen LogP contribution in [-0.2, 0) is 9.53 Å². The molecule has 0 heterocycles. The molecule has 1 saturated carbocycles. The molecular weight excluding hydrogens is 170 g/mol. The van der Waals surface area contributed by atoms with Crippen LogP contribution in [0.5, 0.6) is 0 Å². The van der Waals surface area contributed by atoms with Crippen molar-refractivity contribution in [2.45, 2.75) is 12.8 Å². The Morgan fingerprint density at radius 3 is 2.85 bits per heavy atom. The van der Waals surface area contributed by atoms with Crippen LogP contribution in [0.1, 0.15) is 12.8 Å². The lowest BCUT2D eigenvalue weighted by molar-refractivity contribution is -0.134. The molecule has 74 valence electrons. The first kappa shape index (κ1) is 10.1. The molecule has 2 N–H and O–H groups in total. The third-order valence-corrected chi connectivity index (χ3v) is 2.31. The molecule has 1 aliphatic carbocycles. The standard InChI is InChI=1S/C9H15NO3/c1-13-8(12)2-5-10-6-9(7-11)3-4-9/h2,5,10-11H,3-4,6-7H2,1H3/b5-2+. The normalized spacial score (nSPS) is 18.6. The summed E-state index contributed by atoms with van der Waals surface area (Å²) in [5, 5.41) is 11.9. The maximum Gasteiger partial charge on any atom is 0.331 e. The number of carbonyl (C=O) groups excluding carboxylic acids is 1. The molecule has 1 rings (SSSR count). The Bertz CT molecular complexity index is 209. The van der Waals surface area contributed by atoms with Crippen LogP contribution in [0, 0.1) is 5.41 Å². The smallest absolute Gasteiger partial charge is 0.331 e. The van der Waals surface area contributed by atoms with Gasteiger partial charge in [0.05, 0.1) is 13.7 Å². The molecular formula is C9H15NO3. The van der Waals surface area contributed by atoms with Gasteiger partial charge in [0, 0.05) is 24.2 Å². The molecule has 4 nitrogen and oxygen atoms in total. The van der Waals surface area contributed by atoms with E-state index in [2.05, 4.69) is 10.1 Å². The van der Waals surface area contributed by atoms with Crippen LogP contribution >= 0.6 is 0 Å². The van der Waals surface area contributed by atoms with Gasteiger partial charge in [-0.15, -0.1) is 0 Å². The first-order valence-electron chi connectivity index (χ1n) is 4.31. The Labute approximate surface area is 77.6 Å². The topological polar surface area (TPSA) is 58.6 Å². The maximum atomic E-state index is 10.6. The minimum Gasteiger partial charge on any atom is -0.466 e. The van der Waals surface area contributed by atoms with Crippen LogP contribution in [0.2, 0.25) is 0 Å². The van der Waals surface area contributed by atoms with E-state index in [9.17, 15) is 4.79 Å². The Kier molecular flexibility index (Phi) is 3.31. The van der Waals surface area contributed by atoms with Crippen LogP contribution in [0.3, 0.4) is 0 Å². The fourth-order valence-electron chi connectivity index (χ4n) is 1.04. The summed E-state index contributed by atoms with van der Waals surface area (Å²) in [7, 11) is 1.34. The van der Waals surface area contributed by atoms with Gasteiger partial charge in [-0.2, -0.15) is 0 Å². The molecule has 0 bridgehead atoms. The van der Waals surface area contributed by atoms with Crippen LogP contribution in [-0.4, -0.2) is 31.3 Å². The van der Waals surface area contributed by atoms with Crippen molar-refractivity contribution in [2.75, 3.05) is 20.3 Å². The molecule has 0 aromatic rings. The second-order valence-electron chi connectivity index (χ2n) is 3.40. The van der Waals surface area contributed by atoms with Crippen molar-refractivity contribution in [1.29, 1.82) is 0 Å². The molecule has 0 spiro atoms. The molecule has 0 aromatic heterocycles. The molecule has 13 heavy (non-hydrogen) atoms. The van der Waals surface area contributed by atoms with Crippen LogP contribution in [0.4, 0.5) is 0 Å². The summed E-state index contributed by atoms with van der Waals surface area (Å²) in [5.74, 6) is -0.374. The second kappa shape index (κ2) is 4.28. The number of ether oxygens (including phenoxy) is 1. The predicted octanol–water partition coefficient (Wildman–Crippen LogP) is 0.0352. The van der Waals surface area contributed by atoms with Gasteiger partial charge in [-0.1, -0.05) is 0 Å². The van der Waals surface area contributed by atoms with Gasteiger partial charge < -0.3 is 15.2 Å². The van der Waals surface area contributed by atoms with E-state index in [1.807, 2.05) is 0 Å². The summed E-state index contributed by atoms with van der Waals surface area (Å²) in [4.78, 5) is 10.6. The van der Waals surface area contributed by atoms with E-state index >= 15 is 0 Å². The van der Waals surface area contributed by atoms with Gasteiger partial charge in [0.1, 0.15) is 0 Å². The fourth-order valence-corrected chi connectivity index (χ4v) is 1.04. The summed E-state index contributed by atoms with van der Waals surface area (Å²) < 4.78 is 4.41. The van der Waals surface area contributed by atoms with Gasteiger partial charge in [0.15, 0.2) is 0 Å². The zero-order valence-corrected chi connectivity index (χ0v) is 7.75. The van der Waals surface area contributed by atoms with Crippen LogP contribution in [0.25, 0.3) is 0 Å². The number of carbonyl (C=O) groups is 1. The van der Waals surface area contributed by atoms with E-state index < -0.39 is 0 Å². The van der Waals surface area contributed by atoms with Crippen molar-refractivity contribution in [3.63, 3.8) is 0 Å².